The highest BCUT2D eigenvalue weighted by Gasteiger charge is 2.19. The number of benzene rings is 1. The van der Waals surface area contributed by atoms with Crippen molar-refractivity contribution in [3.8, 4) is 28.2 Å². The lowest BCUT2D eigenvalue weighted by atomic mass is 10.1. The minimum absolute atomic E-state index is 0.858. The number of thiazole rings is 1. The first kappa shape index (κ1) is 20.4. The van der Waals surface area contributed by atoms with Crippen molar-refractivity contribution in [1.82, 2.24) is 24.1 Å². The van der Waals surface area contributed by atoms with E-state index in [9.17, 15) is 0 Å². The third-order valence-corrected chi connectivity index (χ3v) is 9.50. The molecule has 0 fully saturated rings. The van der Waals surface area contributed by atoms with Crippen LogP contribution in [0, 0.1) is 0 Å². The fourth-order valence-corrected chi connectivity index (χ4v) is 7.67. The molecular formula is C28H17N5S3. The van der Waals surface area contributed by atoms with Crippen LogP contribution in [0.15, 0.2) is 83.3 Å². The van der Waals surface area contributed by atoms with Crippen molar-refractivity contribution in [2.24, 2.45) is 7.05 Å². The second-order valence-electron chi connectivity index (χ2n) is 8.79. The van der Waals surface area contributed by atoms with Crippen LogP contribution in [0.1, 0.15) is 0 Å². The molecule has 172 valence electrons. The van der Waals surface area contributed by atoms with Gasteiger partial charge >= 0.3 is 0 Å². The first-order chi connectivity index (χ1) is 17.7. The summed E-state index contributed by atoms with van der Waals surface area (Å²) < 4.78 is 6.69. The van der Waals surface area contributed by atoms with Gasteiger partial charge in [-0.1, -0.05) is 24.3 Å². The highest BCUT2D eigenvalue weighted by Crippen LogP contribution is 2.39. The van der Waals surface area contributed by atoms with Crippen LogP contribution in [0.3, 0.4) is 0 Å². The molecule has 0 aliphatic rings. The number of hydrogen-bond acceptors (Lipinski definition) is 6. The Hall–Kier alpha value is -3.85. The lowest BCUT2D eigenvalue weighted by Gasteiger charge is -2.08. The summed E-state index contributed by atoms with van der Waals surface area (Å²) in [5.41, 5.74) is 10.4. The topological polar surface area (TPSA) is 48.5 Å². The Bertz CT molecular complexity index is 2080. The van der Waals surface area contributed by atoms with Crippen LogP contribution in [0.4, 0.5) is 0 Å². The normalized spacial score (nSPS) is 12.0. The Morgan fingerprint density at radius 1 is 0.806 bits per heavy atom. The zero-order valence-corrected chi connectivity index (χ0v) is 21.5. The molecule has 7 aromatic heterocycles. The maximum atomic E-state index is 5.29. The molecule has 5 nitrogen and oxygen atoms in total. The Morgan fingerprint density at radius 2 is 1.72 bits per heavy atom. The summed E-state index contributed by atoms with van der Waals surface area (Å²) in [4.78, 5) is 15.0. The molecule has 0 unspecified atom stereocenters. The lowest BCUT2D eigenvalue weighted by molar-refractivity contribution is 0.929. The van der Waals surface area contributed by atoms with Crippen molar-refractivity contribution < 1.29 is 0 Å². The van der Waals surface area contributed by atoms with Crippen LogP contribution in [-0.4, -0.2) is 24.1 Å². The molecule has 0 saturated heterocycles. The minimum atomic E-state index is 0.858. The molecule has 7 heterocycles. The fraction of sp³-hybridized carbons (Fsp3) is 0.0357. The first-order valence-electron chi connectivity index (χ1n) is 11.5. The lowest BCUT2D eigenvalue weighted by Crippen LogP contribution is -1.99. The van der Waals surface area contributed by atoms with Crippen LogP contribution in [0.5, 0.6) is 0 Å². The number of pyridine rings is 2. The standard InChI is InChI=1S/C28H17N5S3/c1-32-10-9-16(12-32)19-13-34-23-11-18-17-5-2-3-7-22(17)33(27(18)31-25(19)23)24-8-4-6-21(30-24)20-14-35-28-26(20)29-15-36-28/h2-15H,1H3. The van der Waals surface area contributed by atoms with Gasteiger partial charge in [-0.25, -0.2) is 15.0 Å². The van der Waals surface area contributed by atoms with E-state index < -0.39 is 0 Å². The monoisotopic (exact) mass is 519 g/mol. The van der Waals surface area contributed by atoms with Crippen molar-refractivity contribution >= 4 is 75.7 Å². The first-order valence-corrected chi connectivity index (χ1v) is 14.1. The fourth-order valence-electron chi connectivity index (χ4n) is 4.97. The Balaban J connectivity index is 1.42. The molecule has 0 spiro atoms. The van der Waals surface area contributed by atoms with Gasteiger partial charge in [-0.2, -0.15) is 0 Å². The number of fused-ring (bicyclic) bond motifs is 5. The maximum Gasteiger partial charge on any atom is 0.147 e. The van der Waals surface area contributed by atoms with Gasteiger partial charge in [0.05, 0.1) is 26.9 Å². The van der Waals surface area contributed by atoms with Gasteiger partial charge in [0.15, 0.2) is 0 Å². The van der Waals surface area contributed by atoms with Crippen molar-refractivity contribution in [1.29, 1.82) is 0 Å². The summed E-state index contributed by atoms with van der Waals surface area (Å²) >= 11 is 5.15. The van der Waals surface area contributed by atoms with Crippen molar-refractivity contribution in [2.75, 3.05) is 0 Å². The van der Waals surface area contributed by atoms with Crippen LogP contribution >= 0.6 is 34.0 Å². The highest BCUT2D eigenvalue weighted by atomic mass is 32.2. The summed E-state index contributed by atoms with van der Waals surface area (Å²) in [6.45, 7) is 0. The SMILES string of the molecule is Cn1ccc(-c2csc3cc4c5ccccc5n(-c5cccc(-c6csc7scnc67)n5)c4nc23)c1. The van der Waals surface area contributed by atoms with Gasteiger partial charge in [-0.15, -0.1) is 34.0 Å². The molecule has 0 atom stereocenters. The quantitative estimate of drug-likeness (QED) is 0.237. The molecule has 8 heteroatoms. The molecule has 0 amide bonds. The van der Waals surface area contributed by atoms with E-state index in [4.69, 9.17) is 9.97 Å². The molecule has 0 aliphatic carbocycles. The summed E-state index contributed by atoms with van der Waals surface area (Å²) in [5, 5.41) is 6.70. The number of thiophene rings is 2. The Labute approximate surface area is 217 Å². The summed E-state index contributed by atoms with van der Waals surface area (Å²) in [5.74, 6) is 0.858. The molecule has 0 radical (unpaired) electrons. The molecule has 8 rings (SSSR count). The molecular weight excluding hydrogens is 503 g/mol. The van der Waals surface area contributed by atoms with E-state index >= 15 is 0 Å². The number of para-hydroxylation sites is 1. The molecule has 1 aromatic carbocycles. The minimum Gasteiger partial charge on any atom is -0.357 e. The average molecular weight is 520 g/mol. The largest absolute Gasteiger partial charge is 0.357 e. The second kappa shape index (κ2) is 7.57. The van der Waals surface area contributed by atoms with Gasteiger partial charge in [0, 0.05) is 57.7 Å². The van der Waals surface area contributed by atoms with Crippen molar-refractivity contribution in [3.05, 3.63) is 83.3 Å². The molecule has 0 aliphatic heterocycles. The predicted octanol–water partition coefficient (Wildman–Crippen LogP) is 8.13. The smallest absolute Gasteiger partial charge is 0.147 e. The number of hydrogen-bond donors (Lipinski definition) is 0. The summed E-state index contributed by atoms with van der Waals surface area (Å²) in [7, 11) is 2.05. The van der Waals surface area contributed by atoms with Gasteiger partial charge < -0.3 is 4.57 Å². The molecule has 36 heavy (non-hydrogen) atoms. The van der Waals surface area contributed by atoms with E-state index in [1.165, 1.54) is 25.2 Å². The van der Waals surface area contributed by atoms with Gasteiger partial charge in [0.1, 0.15) is 21.0 Å². The van der Waals surface area contributed by atoms with E-state index in [0.29, 0.717) is 0 Å². The predicted molar refractivity (Wildman–Crippen MR) is 153 cm³/mol. The third-order valence-electron chi connectivity index (χ3n) is 6.63. The van der Waals surface area contributed by atoms with Crippen LogP contribution < -0.4 is 0 Å². The molecule has 0 saturated carbocycles. The van der Waals surface area contributed by atoms with E-state index in [0.717, 1.165) is 44.7 Å². The Kier molecular flexibility index (Phi) is 4.28. The van der Waals surface area contributed by atoms with Gasteiger partial charge in [-0.05, 0) is 30.3 Å². The van der Waals surface area contributed by atoms with E-state index in [-0.39, 0.29) is 0 Å². The van der Waals surface area contributed by atoms with E-state index in [2.05, 4.69) is 91.9 Å². The molecule has 0 bridgehead atoms. The van der Waals surface area contributed by atoms with Gasteiger partial charge in [0.25, 0.3) is 0 Å². The van der Waals surface area contributed by atoms with Crippen molar-refractivity contribution in [3.63, 3.8) is 0 Å². The number of rotatable bonds is 3. The number of aromatic nitrogens is 5. The summed E-state index contributed by atoms with van der Waals surface area (Å²) in [6, 6.07) is 19.1. The van der Waals surface area contributed by atoms with E-state index in [1.54, 1.807) is 34.0 Å². The van der Waals surface area contributed by atoms with Gasteiger partial charge in [0.2, 0.25) is 0 Å². The zero-order valence-electron chi connectivity index (χ0n) is 19.0. The maximum absolute atomic E-state index is 5.29. The third kappa shape index (κ3) is 2.89. The highest BCUT2D eigenvalue weighted by molar-refractivity contribution is 7.36. The number of nitrogens with zero attached hydrogens (tertiary/aromatic N) is 5. The second-order valence-corrected chi connectivity index (χ2v) is 11.7. The average Bonchev–Trinajstić information content (AvgIpc) is 3.70. The Morgan fingerprint density at radius 3 is 2.64 bits per heavy atom. The van der Waals surface area contributed by atoms with Crippen LogP contribution in [0.2, 0.25) is 0 Å². The number of aryl methyl sites for hydroxylation is 1. The molecule has 8 aromatic rings. The van der Waals surface area contributed by atoms with Crippen LogP contribution in [0.25, 0.3) is 69.9 Å². The zero-order chi connectivity index (χ0) is 23.8. The summed E-state index contributed by atoms with van der Waals surface area (Å²) in [6.07, 6.45) is 4.22. The van der Waals surface area contributed by atoms with E-state index in [1.807, 2.05) is 12.6 Å². The molecule has 0 N–H and O–H groups in total. The van der Waals surface area contributed by atoms with Crippen molar-refractivity contribution in [2.45, 2.75) is 0 Å². The van der Waals surface area contributed by atoms with Crippen LogP contribution in [-0.2, 0) is 7.05 Å². The van der Waals surface area contributed by atoms with Gasteiger partial charge in [-0.3, -0.25) is 4.57 Å².